The van der Waals surface area contributed by atoms with Gasteiger partial charge in [0.2, 0.25) is 5.91 Å². The van der Waals surface area contributed by atoms with Crippen molar-refractivity contribution >= 4 is 21.4 Å². The lowest BCUT2D eigenvalue weighted by Gasteiger charge is -2.13. The highest BCUT2D eigenvalue weighted by molar-refractivity contribution is 7.91. The molecule has 2 aromatic rings. The van der Waals surface area contributed by atoms with Gasteiger partial charge >= 0.3 is 0 Å². The van der Waals surface area contributed by atoms with Crippen molar-refractivity contribution in [1.29, 1.82) is 0 Å². The lowest BCUT2D eigenvalue weighted by Crippen LogP contribution is -2.23. The van der Waals surface area contributed by atoms with Crippen LogP contribution in [0.2, 0.25) is 0 Å². The predicted molar refractivity (Wildman–Crippen MR) is 97.6 cm³/mol. The monoisotopic (exact) mass is 359 g/mol. The molecule has 6 heteroatoms. The Labute approximate surface area is 147 Å². The summed E-state index contributed by atoms with van der Waals surface area (Å²) < 4.78 is 28.5. The molecule has 0 spiro atoms. The first-order chi connectivity index (χ1) is 12.0. The van der Waals surface area contributed by atoms with Crippen LogP contribution in [0.25, 0.3) is 0 Å². The number of hydrogen-bond acceptors (Lipinski definition) is 4. The minimum atomic E-state index is -3.07. The summed E-state index contributed by atoms with van der Waals surface area (Å²) in [6.45, 7) is 0. The summed E-state index contributed by atoms with van der Waals surface area (Å²) >= 11 is 0. The molecular weight excluding hydrogens is 338 g/mol. The van der Waals surface area contributed by atoms with Crippen LogP contribution in [0, 0.1) is 5.92 Å². The van der Waals surface area contributed by atoms with Crippen LogP contribution < -0.4 is 10.1 Å². The standard InChI is InChI=1S/C19H21NO4S/c1-24-18-8-7-17(12-16(18)11-14-5-3-2-4-6-14)20-19(21)15-9-10-25(22,23)13-15/h2-8,12,15H,9-11,13H2,1H3,(H,20,21). The van der Waals surface area contributed by atoms with Gasteiger partial charge in [-0.25, -0.2) is 8.42 Å². The Bertz CT molecular complexity index is 862. The normalized spacial score (nSPS) is 18.7. The van der Waals surface area contributed by atoms with Crippen molar-refractivity contribution < 1.29 is 17.9 Å². The molecule has 0 bridgehead atoms. The molecule has 0 saturated carbocycles. The molecule has 1 amide bonds. The fourth-order valence-corrected chi connectivity index (χ4v) is 4.80. The largest absolute Gasteiger partial charge is 0.496 e. The highest BCUT2D eigenvalue weighted by Crippen LogP contribution is 2.26. The molecule has 1 N–H and O–H groups in total. The van der Waals surface area contributed by atoms with Crippen LogP contribution in [0.5, 0.6) is 5.75 Å². The summed E-state index contributed by atoms with van der Waals surface area (Å²) in [7, 11) is -1.46. The SMILES string of the molecule is COc1ccc(NC(=O)C2CCS(=O)(=O)C2)cc1Cc1ccccc1. The Morgan fingerprint density at radius 2 is 1.96 bits per heavy atom. The molecule has 132 valence electrons. The van der Waals surface area contributed by atoms with Crippen molar-refractivity contribution in [3.63, 3.8) is 0 Å². The van der Waals surface area contributed by atoms with Gasteiger partial charge in [0.15, 0.2) is 9.84 Å². The number of amides is 1. The number of carbonyl (C=O) groups excluding carboxylic acids is 1. The molecule has 1 atom stereocenters. The third-order valence-electron chi connectivity index (χ3n) is 4.39. The summed E-state index contributed by atoms with van der Waals surface area (Å²) in [6, 6.07) is 15.5. The van der Waals surface area contributed by atoms with Crippen LogP contribution in [-0.2, 0) is 21.1 Å². The van der Waals surface area contributed by atoms with Crippen molar-refractivity contribution in [2.24, 2.45) is 5.92 Å². The van der Waals surface area contributed by atoms with E-state index in [1.165, 1.54) is 0 Å². The average molecular weight is 359 g/mol. The van der Waals surface area contributed by atoms with Gasteiger partial charge in [0.1, 0.15) is 5.75 Å². The average Bonchev–Trinajstić information content (AvgIpc) is 2.96. The van der Waals surface area contributed by atoms with Gasteiger partial charge in [0.25, 0.3) is 0 Å². The third-order valence-corrected chi connectivity index (χ3v) is 6.16. The number of methoxy groups -OCH3 is 1. The van der Waals surface area contributed by atoms with Gasteiger partial charge < -0.3 is 10.1 Å². The van der Waals surface area contributed by atoms with Gasteiger partial charge in [-0.2, -0.15) is 0 Å². The molecule has 1 aliphatic heterocycles. The van der Waals surface area contributed by atoms with Crippen LogP contribution >= 0.6 is 0 Å². The van der Waals surface area contributed by atoms with E-state index in [1.54, 1.807) is 13.2 Å². The zero-order valence-corrected chi connectivity index (χ0v) is 14.9. The molecule has 0 aliphatic carbocycles. The van der Waals surface area contributed by atoms with E-state index < -0.39 is 15.8 Å². The molecule has 3 rings (SSSR count). The summed E-state index contributed by atoms with van der Waals surface area (Å²) in [5.74, 6) is 0.0746. The van der Waals surface area contributed by atoms with E-state index in [2.05, 4.69) is 5.32 Å². The van der Waals surface area contributed by atoms with E-state index >= 15 is 0 Å². The van der Waals surface area contributed by atoms with Crippen molar-refractivity contribution in [3.05, 3.63) is 59.7 Å². The number of hydrogen-bond donors (Lipinski definition) is 1. The van der Waals surface area contributed by atoms with Gasteiger partial charge in [0, 0.05) is 17.7 Å². The Kier molecular flexibility index (Phi) is 5.08. The minimum absolute atomic E-state index is 0.0636. The molecular formula is C19H21NO4S. The number of rotatable bonds is 5. The Morgan fingerprint density at radius 1 is 1.20 bits per heavy atom. The second kappa shape index (κ2) is 7.27. The number of anilines is 1. The van der Waals surface area contributed by atoms with Crippen LogP contribution in [-0.4, -0.2) is 32.9 Å². The van der Waals surface area contributed by atoms with Crippen molar-refractivity contribution in [3.8, 4) is 5.75 Å². The molecule has 5 nitrogen and oxygen atoms in total. The predicted octanol–water partition coefficient (Wildman–Crippen LogP) is 2.66. The quantitative estimate of drug-likeness (QED) is 0.891. The summed E-state index contributed by atoms with van der Waals surface area (Å²) in [4.78, 5) is 12.3. The zero-order chi connectivity index (χ0) is 17.9. The summed E-state index contributed by atoms with van der Waals surface area (Å²) in [6.07, 6.45) is 1.08. The number of ether oxygens (including phenoxy) is 1. The summed E-state index contributed by atoms with van der Waals surface area (Å²) in [5.41, 5.74) is 2.76. The van der Waals surface area contributed by atoms with Crippen molar-refractivity contribution in [1.82, 2.24) is 0 Å². The number of benzene rings is 2. The maximum Gasteiger partial charge on any atom is 0.228 e. The highest BCUT2D eigenvalue weighted by atomic mass is 32.2. The topological polar surface area (TPSA) is 72.5 Å². The van der Waals surface area contributed by atoms with Crippen LogP contribution in [0.4, 0.5) is 5.69 Å². The van der Waals surface area contributed by atoms with Crippen molar-refractivity contribution in [2.45, 2.75) is 12.8 Å². The molecule has 1 aliphatic rings. The molecule has 1 unspecified atom stereocenters. The Balaban J connectivity index is 1.76. The fourth-order valence-electron chi connectivity index (χ4n) is 3.06. The van der Waals surface area contributed by atoms with Crippen molar-refractivity contribution in [2.75, 3.05) is 23.9 Å². The highest BCUT2D eigenvalue weighted by Gasteiger charge is 2.32. The lowest BCUT2D eigenvalue weighted by molar-refractivity contribution is -0.119. The smallest absolute Gasteiger partial charge is 0.228 e. The van der Waals surface area contributed by atoms with E-state index in [-0.39, 0.29) is 17.4 Å². The van der Waals surface area contributed by atoms with Crippen LogP contribution in [0.1, 0.15) is 17.5 Å². The van der Waals surface area contributed by atoms with Gasteiger partial charge in [-0.05, 0) is 30.2 Å². The maximum atomic E-state index is 12.3. The van der Waals surface area contributed by atoms with Gasteiger partial charge in [-0.3, -0.25) is 4.79 Å². The lowest BCUT2D eigenvalue weighted by atomic mass is 10.0. The van der Waals surface area contributed by atoms with Gasteiger partial charge in [0.05, 0.1) is 24.5 Å². The number of carbonyl (C=O) groups is 1. The molecule has 0 radical (unpaired) electrons. The first kappa shape index (κ1) is 17.5. The molecule has 1 fully saturated rings. The number of nitrogens with one attached hydrogen (secondary N) is 1. The summed E-state index contributed by atoms with van der Waals surface area (Å²) in [5, 5.41) is 2.84. The molecule has 1 saturated heterocycles. The first-order valence-corrected chi connectivity index (χ1v) is 10.0. The number of sulfone groups is 1. The van der Waals surface area contributed by atoms with Gasteiger partial charge in [-0.1, -0.05) is 30.3 Å². The molecule has 0 aromatic heterocycles. The van der Waals surface area contributed by atoms with Crippen LogP contribution in [0.3, 0.4) is 0 Å². The second-order valence-electron chi connectivity index (χ2n) is 6.28. The Hall–Kier alpha value is -2.34. The molecule has 25 heavy (non-hydrogen) atoms. The molecule has 2 aromatic carbocycles. The third kappa shape index (κ3) is 4.39. The minimum Gasteiger partial charge on any atom is -0.496 e. The van der Waals surface area contributed by atoms with E-state index in [0.29, 0.717) is 18.5 Å². The second-order valence-corrected chi connectivity index (χ2v) is 8.51. The van der Waals surface area contributed by atoms with E-state index in [0.717, 1.165) is 16.9 Å². The van der Waals surface area contributed by atoms with Crippen LogP contribution in [0.15, 0.2) is 48.5 Å². The fraction of sp³-hybridized carbons (Fsp3) is 0.316. The van der Waals surface area contributed by atoms with Gasteiger partial charge in [-0.15, -0.1) is 0 Å². The van der Waals surface area contributed by atoms with E-state index in [4.69, 9.17) is 4.74 Å². The zero-order valence-electron chi connectivity index (χ0n) is 14.1. The van der Waals surface area contributed by atoms with E-state index in [1.807, 2.05) is 42.5 Å². The Morgan fingerprint density at radius 3 is 2.60 bits per heavy atom. The van der Waals surface area contributed by atoms with E-state index in [9.17, 15) is 13.2 Å². The first-order valence-electron chi connectivity index (χ1n) is 8.19. The molecule has 1 heterocycles. The maximum absolute atomic E-state index is 12.3.